The van der Waals surface area contributed by atoms with Crippen LogP contribution >= 0.6 is 23.1 Å². The highest BCUT2D eigenvalue weighted by molar-refractivity contribution is 8.00. The van der Waals surface area contributed by atoms with Crippen LogP contribution < -0.4 is 15.4 Å². The third-order valence-electron chi connectivity index (χ3n) is 2.61. The fourth-order valence-corrected chi connectivity index (χ4v) is 2.88. The second-order valence-electron chi connectivity index (χ2n) is 4.36. The Balaban J connectivity index is 1.74. The van der Waals surface area contributed by atoms with Gasteiger partial charge in [0.15, 0.2) is 5.13 Å². The summed E-state index contributed by atoms with van der Waals surface area (Å²) in [6.45, 7) is 2.41. The number of thioether (sulfide) groups is 1. The second kappa shape index (κ2) is 9.16. The molecule has 23 heavy (non-hydrogen) atoms. The number of thiazole rings is 1. The van der Waals surface area contributed by atoms with Gasteiger partial charge < -0.3 is 15.4 Å². The number of rotatable bonds is 8. The number of hydrogen-bond acceptors (Lipinski definition) is 6. The SMILES string of the molecule is CCOc1ccccc1NC(=O)CSCC(=O)Nc1nccs1. The topological polar surface area (TPSA) is 80.3 Å². The van der Waals surface area contributed by atoms with E-state index in [1.807, 2.05) is 19.1 Å². The third kappa shape index (κ3) is 5.91. The summed E-state index contributed by atoms with van der Waals surface area (Å²) < 4.78 is 5.45. The molecule has 2 N–H and O–H groups in total. The zero-order valence-electron chi connectivity index (χ0n) is 12.6. The number of ether oxygens (including phenoxy) is 1. The molecular formula is C15H17N3O3S2. The van der Waals surface area contributed by atoms with Crippen LogP contribution in [-0.2, 0) is 9.59 Å². The van der Waals surface area contributed by atoms with E-state index in [1.54, 1.807) is 23.7 Å². The van der Waals surface area contributed by atoms with E-state index < -0.39 is 0 Å². The molecule has 0 fully saturated rings. The van der Waals surface area contributed by atoms with Gasteiger partial charge in [-0.05, 0) is 19.1 Å². The van der Waals surface area contributed by atoms with Crippen molar-refractivity contribution in [1.29, 1.82) is 0 Å². The van der Waals surface area contributed by atoms with Gasteiger partial charge in [0.2, 0.25) is 11.8 Å². The van der Waals surface area contributed by atoms with Crippen molar-refractivity contribution in [2.24, 2.45) is 0 Å². The van der Waals surface area contributed by atoms with Crippen LogP contribution in [0.4, 0.5) is 10.8 Å². The second-order valence-corrected chi connectivity index (χ2v) is 6.24. The number of carbonyl (C=O) groups excluding carboxylic acids is 2. The Morgan fingerprint density at radius 2 is 1.96 bits per heavy atom. The number of nitrogens with zero attached hydrogens (tertiary/aromatic N) is 1. The minimum atomic E-state index is -0.177. The number of benzene rings is 1. The van der Waals surface area contributed by atoms with Crippen LogP contribution in [0.15, 0.2) is 35.8 Å². The maximum atomic E-state index is 11.9. The van der Waals surface area contributed by atoms with Gasteiger partial charge in [-0.3, -0.25) is 9.59 Å². The molecule has 0 spiro atoms. The average molecular weight is 351 g/mol. The number of para-hydroxylation sites is 2. The van der Waals surface area contributed by atoms with Crippen LogP contribution in [0.2, 0.25) is 0 Å². The van der Waals surface area contributed by atoms with E-state index >= 15 is 0 Å². The van der Waals surface area contributed by atoms with Crippen LogP contribution in [0, 0.1) is 0 Å². The lowest BCUT2D eigenvalue weighted by atomic mass is 10.3. The molecule has 0 saturated carbocycles. The number of aromatic nitrogens is 1. The summed E-state index contributed by atoms with van der Waals surface area (Å²) >= 11 is 2.60. The molecule has 8 heteroatoms. The molecule has 0 atom stereocenters. The van der Waals surface area contributed by atoms with Crippen molar-refractivity contribution < 1.29 is 14.3 Å². The summed E-state index contributed by atoms with van der Waals surface area (Å²) in [6.07, 6.45) is 1.62. The molecule has 0 aliphatic heterocycles. The maximum absolute atomic E-state index is 11.9. The third-order valence-corrected chi connectivity index (χ3v) is 4.23. The smallest absolute Gasteiger partial charge is 0.236 e. The van der Waals surface area contributed by atoms with Gasteiger partial charge in [-0.2, -0.15) is 0 Å². The Kier molecular flexibility index (Phi) is 6.89. The molecule has 1 heterocycles. The number of carbonyl (C=O) groups is 2. The molecule has 0 aliphatic rings. The Hall–Kier alpha value is -2.06. The fourth-order valence-electron chi connectivity index (χ4n) is 1.71. The first-order valence-electron chi connectivity index (χ1n) is 6.97. The Morgan fingerprint density at radius 1 is 1.22 bits per heavy atom. The molecule has 2 amide bonds. The quantitative estimate of drug-likeness (QED) is 0.764. The average Bonchev–Trinajstić information content (AvgIpc) is 3.02. The zero-order chi connectivity index (χ0) is 16.5. The molecule has 0 bridgehead atoms. The minimum absolute atomic E-state index is 0.174. The zero-order valence-corrected chi connectivity index (χ0v) is 14.2. The predicted molar refractivity (Wildman–Crippen MR) is 94.3 cm³/mol. The molecule has 2 aromatic rings. The van der Waals surface area contributed by atoms with Crippen LogP contribution in [0.1, 0.15) is 6.92 Å². The van der Waals surface area contributed by atoms with Gasteiger partial charge >= 0.3 is 0 Å². The lowest BCUT2D eigenvalue weighted by molar-refractivity contribution is -0.114. The number of hydrogen-bond donors (Lipinski definition) is 2. The Labute approximate surface area is 142 Å². The summed E-state index contributed by atoms with van der Waals surface area (Å²) in [4.78, 5) is 27.6. The van der Waals surface area contributed by atoms with Crippen LogP contribution in [-0.4, -0.2) is 34.9 Å². The minimum Gasteiger partial charge on any atom is -0.492 e. The van der Waals surface area contributed by atoms with Gasteiger partial charge in [-0.25, -0.2) is 4.98 Å². The highest BCUT2D eigenvalue weighted by Crippen LogP contribution is 2.23. The van der Waals surface area contributed by atoms with Gasteiger partial charge in [0.1, 0.15) is 5.75 Å². The molecule has 0 aliphatic carbocycles. The summed E-state index contributed by atoms with van der Waals surface area (Å²) in [7, 11) is 0. The maximum Gasteiger partial charge on any atom is 0.236 e. The van der Waals surface area contributed by atoms with Crippen molar-refractivity contribution in [2.45, 2.75) is 6.92 Å². The Bertz CT molecular complexity index is 647. The predicted octanol–water partition coefficient (Wildman–Crippen LogP) is 2.85. The van der Waals surface area contributed by atoms with E-state index in [0.717, 1.165) is 0 Å². The van der Waals surface area contributed by atoms with E-state index in [2.05, 4.69) is 15.6 Å². The molecule has 0 unspecified atom stereocenters. The largest absolute Gasteiger partial charge is 0.492 e. The van der Waals surface area contributed by atoms with Crippen molar-refractivity contribution in [1.82, 2.24) is 4.98 Å². The first-order valence-corrected chi connectivity index (χ1v) is 9.01. The Morgan fingerprint density at radius 3 is 2.65 bits per heavy atom. The van der Waals surface area contributed by atoms with E-state index in [4.69, 9.17) is 4.74 Å². The van der Waals surface area contributed by atoms with Gasteiger partial charge in [-0.15, -0.1) is 23.1 Å². The fraction of sp³-hybridized carbons (Fsp3) is 0.267. The summed E-state index contributed by atoms with van der Waals surface area (Å²) in [5.74, 6) is 0.665. The summed E-state index contributed by atoms with van der Waals surface area (Å²) in [5.41, 5.74) is 0.632. The van der Waals surface area contributed by atoms with E-state index in [1.165, 1.54) is 23.1 Å². The summed E-state index contributed by atoms with van der Waals surface area (Å²) in [5, 5.41) is 7.80. The van der Waals surface area contributed by atoms with Crippen molar-refractivity contribution >= 4 is 45.7 Å². The molecule has 0 radical (unpaired) electrons. The molecule has 0 saturated heterocycles. The van der Waals surface area contributed by atoms with Crippen molar-refractivity contribution in [3.63, 3.8) is 0 Å². The highest BCUT2D eigenvalue weighted by Gasteiger charge is 2.09. The lowest BCUT2D eigenvalue weighted by Crippen LogP contribution is -2.18. The lowest BCUT2D eigenvalue weighted by Gasteiger charge is -2.11. The normalized spacial score (nSPS) is 10.1. The highest BCUT2D eigenvalue weighted by atomic mass is 32.2. The molecule has 6 nitrogen and oxygen atoms in total. The molecule has 2 rings (SSSR count). The number of amides is 2. The van der Waals surface area contributed by atoms with Gasteiger partial charge in [0, 0.05) is 11.6 Å². The number of anilines is 2. The van der Waals surface area contributed by atoms with Crippen LogP contribution in [0.3, 0.4) is 0 Å². The van der Waals surface area contributed by atoms with Crippen molar-refractivity contribution in [2.75, 3.05) is 28.7 Å². The molecular weight excluding hydrogens is 334 g/mol. The molecule has 122 valence electrons. The number of nitrogens with one attached hydrogen (secondary N) is 2. The monoisotopic (exact) mass is 351 g/mol. The van der Waals surface area contributed by atoms with E-state index in [0.29, 0.717) is 23.2 Å². The molecule has 1 aromatic carbocycles. The van der Waals surface area contributed by atoms with Crippen molar-refractivity contribution in [3.05, 3.63) is 35.8 Å². The van der Waals surface area contributed by atoms with Crippen LogP contribution in [0.5, 0.6) is 5.75 Å². The van der Waals surface area contributed by atoms with Crippen molar-refractivity contribution in [3.8, 4) is 5.75 Å². The summed E-state index contributed by atoms with van der Waals surface area (Å²) in [6, 6.07) is 7.25. The molecule has 1 aromatic heterocycles. The van der Waals surface area contributed by atoms with E-state index in [-0.39, 0.29) is 23.3 Å². The van der Waals surface area contributed by atoms with Crippen LogP contribution in [0.25, 0.3) is 0 Å². The standard InChI is InChI=1S/C15H17N3O3S2/c1-2-21-12-6-4-3-5-11(12)17-13(19)9-22-10-14(20)18-15-16-7-8-23-15/h3-8H,2,9-10H2,1H3,(H,17,19)(H,16,18,20). The first kappa shape index (κ1) is 17.3. The first-order chi connectivity index (χ1) is 11.2. The van der Waals surface area contributed by atoms with Gasteiger partial charge in [0.05, 0.1) is 23.8 Å². The van der Waals surface area contributed by atoms with Gasteiger partial charge in [0.25, 0.3) is 0 Å². The van der Waals surface area contributed by atoms with E-state index in [9.17, 15) is 9.59 Å². The van der Waals surface area contributed by atoms with Gasteiger partial charge in [-0.1, -0.05) is 12.1 Å².